The average Bonchev–Trinajstić information content (AvgIpc) is 2.85. The quantitative estimate of drug-likeness (QED) is 0.841. The summed E-state index contributed by atoms with van der Waals surface area (Å²) in [6, 6.07) is 8.58. The fourth-order valence-electron chi connectivity index (χ4n) is 2.45. The number of hydrogen-bond acceptors (Lipinski definition) is 7. The summed E-state index contributed by atoms with van der Waals surface area (Å²) in [5, 5.41) is 11.1. The number of ether oxygens (including phenoxy) is 2. The van der Waals surface area contributed by atoms with Crippen molar-refractivity contribution in [3.05, 3.63) is 30.3 Å². The first-order valence-corrected chi connectivity index (χ1v) is 7.27. The van der Waals surface area contributed by atoms with Crippen LogP contribution >= 0.6 is 0 Å². The van der Waals surface area contributed by atoms with Gasteiger partial charge < -0.3 is 14.8 Å². The fraction of sp³-hybridized carbons (Fsp3) is 0.333. The van der Waals surface area contributed by atoms with Gasteiger partial charge in [-0.1, -0.05) is 18.2 Å². The van der Waals surface area contributed by atoms with E-state index in [1.54, 1.807) is 30.3 Å². The van der Waals surface area contributed by atoms with E-state index in [4.69, 9.17) is 4.74 Å². The Hall–Kier alpha value is -3.30. The van der Waals surface area contributed by atoms with Crippen molar-refractivity contribution >= 4 is 29.5 Å². The molecule has 2 rings (SSSR count). The normalized spacial score (nSPS) is 19.1. The van der Waals surface area contributed by atoms with Gasteiger partial charge in [0.25, 0.3) is 11.6 Å². The summed E-state index contributed by atoms with van der Waals surface area (Å²) in [6.07, 6.45) is -1.80. The lowest BCUT2D eigenvalue weighted by Crippen LogP contribution is -2.71. The molecule has 0 aromatic heterocycles. The van der Waals surface area contributed by atoms with Gasteiger partial charge in [0.05, 0.1) is 19.9 Å². The molecule has 0 saturated heterocycles. The maximum Gasteiger partial charge on any atom is 0.432 e. The van der Waals surface area contributed by atoms with Gasteiger partial charge in [-0.05, 0) is 19.1 Å². The van der Waals surface area contributed by atoms with Crippen molar-refractivity contribution < 1.29 is 23.9 Å². The third-order valence-electron chi connectivity index (χ3n) is 3.60. The maximum atomic E-state index is 13.0. The molecular weight excluding hydrogens is 330 g/mol. The number of alkyl carbamates (subject to hydrolysis) is 1. The Labute approximate surface area is 144 Å². The fourth-order valence-corrected chi connectivity index (χ4v) is 2.45. The Kier molecular flexibility index (Phi) is 5.11. The Morgan fingerprint density at radius 1 is 1.12 bits per heavy atom. The summed E-state index contributed by atoms with van der Waals surface area (Å²) >= 11 is 0. The Balaban J connectivity index is 2.48. The molecule has 10 heteroatoms. The van der Waals surface area contributed by atoms with E-state index >= 15 is 0 Å². The number of nitrogens with one attached hydrogen (secondary N) is 2. The number of benzene rings is 1. The molecule has 1 aromatic rings. The van der Waals surface area contributed by atoms with E-state index in [2.05, 4.69) is 20.5 Å². The van der Waals surface area contributed by atoms with Crippen molar-refractivity contribution in [2.24, 2.45) is 5.10 Å². The molecule has 10 nitrogen and oxygen atoms in total. The molecule has 1 aromatic carbocycles. The zero-order valence-electron chi connectivity index (χ0n) is 14.3. The Bertz CT molecular complexity index is 708. The van der Waals surface area contributed by atoms with Gasteiger partial charge in [-0.2, -0.15) is 10.1 Å². The van der Waals surface area contributed by atoms with E-state index in [1.165, 1.54) is 14.0 Å². The smallest absolute Gasteiger partial charge is 0.432 e. The number of carbonyl (C=O) groups excluding carboxylic acids is 3. The molecule has 3 amide bonds. The molecule has 0 saturated carbocycles. The SMILES string of the molecule is COC(=O)NC1(C(=O)Nc2ccccc2)C(C)=NN(C)N1C(=O)OC. The average molecular weight is 349 g/mol. The van der Waals surface area contributed by atoms with Crippen LogP contribution < -0.4 is 10.6 Å². The molecule has 0 spiro atoms. The molecule has 1 atom stereocenters. The number of nitrogens with zero attached hydrogens (tertiary/aromatic N) is 3. The van der Waals surface area contributed by atoms with Gasteiger partial charge in [0.2, 0.25) is 0 Å². The number of hydrazine groups is 1. The third-order valence-corrected chi connectivity index (χ3v) is 3.60. The number of hydrazone groups is 1. The van der Waals surface area contributed by atoms with Crippen molar-refractivity contribution in [1.29, 1.82) is 0 Å². The van der Waals surface area contributed by atoms with E-state index in [1.807, 2.05) is 0 Å². The molecule has 1 heterocycles. The number of carbonyl (C=O) groups is 3. The molecular formula is C15H19N5O5. The number of rotatable bonds is 3. The largest absolute Gasteiger partial charge is 0.453 e. The topological polar surface area (TPSA) is 113 Å². The minimum absolute atomic E-state index is 0.152. The second-order valence-corrected chi connectivity index (χ2v) is 5.10. The first-order chi connectivity index (χ1) is 11.9. The van der Waals surface area contributed by atoms with Crippen LogP contribution in [-0.2, 0) is 14.3 Å². The van der Waals surface area contributed by atoms with Crippen molar-refractivity contribution in [3.63, 3.8) is 0 Å². The van der Waals surface area contributed by atoms with Crippen LogP contribution in [0.3, 0.4) is 0 Å². The Morgan fingerprint density at radius 2 is 1.76 bits per heavy atom. The van der Waals surface area contributed by atoms with Crippen LogP contribution in [0.2, 0.25) is 0 Å². The predicted molar refractivity (Wildman–Crippen MR) is 88.5 cm³/mol. The molecule has 134 valence electrons. The van der Waals surface area contributed by atoms with E-state index in [0.717, 1.165) is 24.3 Å². The van der Waals surface area contributed by atoms with Crippen LogP contribution in [-0.4, -0.2) is 60.9 Å². The van der Waals surface area contributed by atoms with Gasteiger partial charge >= 0.3 is 12.2 Å². The summed E-state index contributed by atoms with van der Waals surface area (Å²) in [5.41, 5.74) is -1.31. The van der Waals surface area contributed by atoms with Crippen LogP contribution in [0.15, 0.2) is 35.4 Å². The predicted octanol–water partition coefficient (Wildman–Crippen LogP) is 0.982. The van der Waals surface area contributed by atoms with E-state index in [-0.39, 0.29) is 5.71 Å². The highest BCUT2D eigenvalue weighted by Gasteiger charge is 2.57. The highest BCUT2D eigenvalue weighted by molar-refractivity contribution is 6.19. The zero-order valence-corrected chi connectivity index (χ0v) is 14.3. The second kappa shape index (κ2) is 7.07. The standard InChI is InChI=1S/C15H19N5O5/c1-10-15(17-13(22)24-3,20(14(23)25-4)19(2)18-10)12(21)16-11-8-6-5-7-9-11/h5-9H,1-4H3,(H,16,21)(H,17,22). The number of methoxy groups -OCH3 is 2. The molecule has 1 aliphatic rings. The summed E-state index contributed by atoms with van der Waals surface area (Å²) in [4.78, 5) is 37.1. The Morgan fingerprint density at radius 3 is 2.32 bits per heavy atom. The minimum atomic E-state index is -1.94. The zero-order chi connectivity index (χ0) is 18.6. The molecule has 25 heavy (non-hydrogen) atoms. The van der Waals surface area contributed by atoms with Gasteiger partial charge in [-0.25, -0.2) is 14.7 Å². The first-order valence-electron chi connectivity index (χ1n) is 7.27. The lowest BCUT2D eigenvalue weighted by molar-refractivity contribution is -0.131. The van der Waals surface area contributed by atoms with Crippen molar-refractivity contribution in [3.8, 4) is 0 Å². The summed E-state index contributed by atoms with van der Waals surface area (Å²) < 4.78 is 9.32. The van der Waals surface area contributed by atoms with Crippen molar-refractivity contribution in [2.45, 2.75) is 12.6 Å². The van der Waals surface area contributed by atoms with Gasteiger partial charge in [0.15, 0.2) is 0 Å². The van der Waals surface area contributed by atoms with Crippen LogP contribution in [0.1, 0.15) is 6.92 Å². The monoisotopic (exact) mass is 349 g/mol. The molecule has 1 aliphatic heterocycles. The molecule has 0 fully saturated rings. The number of anilines is 1. The number of amides is 3. The summed E-state index contributed by atoms with van der Waals surface area (Å²) in [5.74, 6) is -0.708. The minimum Gasteiger partial charge on any atom is -0.453 e. The second-order valence-electron chi connectivity index (χ2n) is 5.10. The van der Waals surface area contributed by atoms with E-state index in [0.29, 0.717) is 5.69 Å². The lowest BCUT2D eigenvalue weighted by Gasteiger charge is -2.37. The van der Waals surface area contributed by atoms with Gasteiger partial charge in [-0.3, -0.25) is 10.1 Å². The highest BCUT2D eigenvalue weighted by atomic mass is 16.6. The molecule has 1 unspecified atom stereocenters. The van der Waals surface area contributed by atoms with Gasteiger partial charge in [0, 0.05) is 12.7 Å². The summed E-state index contributed by atoms with van der Waals surface area (Å²) in [7, 11) is 3.74. The maximum absolute atomic E-state index is 13.0. The van der Waals surface area contributed by atoms with E-state index < -0.39 is 23.8 Å². The lowest BCUT2D eigenvalue weighted by atomic mass is 10.0. The molecule has 0 radical (unpaired) electrons. The van der Waals surface area contributed by atoms with Crippen LogP contribution in [0.4, 0.5) is 15.3 Å². The number of hydrogen-bond donors (Lipinski definition) is 2. The molecule has 2 N–H and O–H groups in total. The van der Waals surface area contributed by atoms with Gasteiger partial charge in [-0.15, -0.1) is 0 Å². The van der Waals surface area contributed by atoms with E-state index in [9.17, 15) is 14.4 Å². The van der Waals surface area contributed by atoms with Gasteiger partial charge in [0.1, 0.15) is 0 Å². The number of para-hydroxylation sites is 1. The molecule has 0 bridgehead atoms. The third kappa shape index (κ3) is 3.18. The van der Waals surface area contributed by atoms with Crippen LogP contribution in [0.5, 0.6) is 0 Å². The highest BCUT2D eigenvalue weighted by Crippen LogP contribution is 2.27. The first kappa shape index (κ1) is 18.0. The van der Waals surface area contributed by atoms with Crippen LogP contribution in [0.25, 0.3) is 0 Å². The summed E-state index contributed by atoms with van der Waals surface area (Å²) in [6.45, 7) is 1.50. The van der Waals surface area contributed by atoms with Crippen molar-refractivity contribution in [1.82, 2.24) is 15.4 Å². The molecule has 0 aliphatic carbocycles. The van der Waals surface area contributed by atoms with Crippen molar-refractivity contribution in [2.75, 3.05) is 26.6 Å². The van der Waals surface area contributed by atoms with Crippen LogP contribution in [0, 0.1) is 0 Å².